The number of hydrogen-bond acceptors (Lipinski definition) is 3. The molecule has 0 saturated heterocycles. The maximum atomic E-state index is 13.3. The molecule has 1 aromatic carbocycles. The molecule has 0 fully saturated rings. The molecule has 3 nitrogen and oxygen atoms in total. The van der Waals surface area contributed by atoms with Gasteiger partial charge in [-0.15, -0.1) is 0 Å². The average molecular weight is 216 g/mol. The van der Waals surface area contributed by atoms with Gasteiger partial charge < -0.3 is 15.8 Å². The highest BCUT2D eigenvalue weighted by atomic mass is 19.1. The van der Waals surface area contributed by atoms with Crippen LogP contribution in [-0.2, 0) is 11.3 Å². The summed E-state index contributed by atoms with van der Waals surface area (Å²) in [6.45, 7) is 0.857. The van der Waals surface area contributed by atoms with Crippen molar-refractivity contribution >= 4 is 5.69 Å². The van der Waals surface area contributed by atoms with Crippen molar-refractivity contribution in [3.63, 3.8) is 0 Å². The zero-order chi connectivity index (χ0) is 11.3. The van der Waals surface area contributed by atoms with E-state index in [-0.39, 0.29) is 12.2 Å². The second-order valence-electron chi connectivity index (χ2n) is 3.06. The van der Waals surface area contributed by atoms with Crippen LogP contribution in [0.1, 0.15) is 5.56 Å². The molecule has 0 spiro atoms. The van der Waals surface area contributed by atoms with Crippen molar-refractivity contribution in [1.29, 1.82) is 0 Å². The number of methoxy groups -OCH3 is 1. The lowest BCUT2D eigenvalue weighted by Gasteiger charge is -2.09. The standard InChI is InChI=1S/C10H14F2N2O/c1-15-3-2-14-10-8(11)4-7(6-13)5-9(10)12/h4-5,14H,2-3,6,13H2,1H3. The fraction of sp³-hybridized carbons (Fsp3) is 0.400. The summed E-state index contributed by atoms with van der Waals surface area (Å²) in [7, 11) is 1.52. The predicted molar refractivity (Wildman–Crippen MR) is 54.6 cm³/mol. The predicted octanol–water partition coefficient (Wildman–Crippen LogP) is 1.48. The molecule has 5 heteroatoms. The highest BCUT2D eigenvalue weighted by Gasteiger charge is 2.09. The molecule has 1 rings (SSSR count). The minimum atomic E-state index is -0.633. The Balaban J connectivity index is 2.79. The first-order valence-corrected chi connectivity index (χ1v) is 4.59. The summed E-state index contributed by atoms with van der Waals surface area (Å²) in [6.07, 6.45) is 0. The van der Waals surface area contributed by atoms with E-state index in [1.807, 2.05) is 0 Å². The van der Waals surface area contributed by atoms with E-state index in [0.717, 1.165) is 0 Å². The molecule has 0 aliphatic rings. The zero-order valence-electron chi connectivity index (χ0n) is 8.52. The van der Waals surface area contributed by atoms with Gasteiger partial charge in [0.15, 0.2) is 0 Å². The molecule has 1 aromatic rings. The zero-order valence-corrected chi connectivity index (χ0v) is 8.52. The summed E-state index contributed by atoms with van der Waals surface area (Å²) in [6, 6.07) is 2.44. The maximum absolute atomic E-state index is 13.3. The first-order valence-electron chi connectivity index (χ1n) is 4.59. The third kappa shape index (κ3) is 3.14. The monoisotopic (exact) mass is 216 g/mol. The van der Waals surface area contributed by atoms with E-state index in [9.17, 15) is 8.78 Å². The molecule has 0 atom stereocenters. The van der Waals surface area contributed by atoms with Crippen LogP contribution in [0.4, 0.5) is 14.5 Å². The van der Waals surface area contributed by atoms with Crippen LogP contribution in [0.5, 0.6) is 0 Å². The lowest BCUT2D eigenvalue weighted by atomic mass is 10.2. The van der Waals surface area contributed by atoms with Crippen molar-refractivity contribution in [2.75, 3.05) is 25.6 Å². The van der Waals surface area contributed by atoms with Gasteiger partial charge in [0.05, 0.1) is 6.61 Å². The number of benzene rings is 1. The summed E-state index contributed by atoms with van der Waals surface area (Å²) in [4.78, 5) is 0. The van der Waals surface area contributed by atoms with Gasteiger partial charge in [0, 0.05) is 20.2 Å². The van der Waals surface area contributed by atoms with Gasteiger partial charge in [0.25, 0.3) is 0 Å². The molecule has 0 aliphatic carbocycles. The highest BCUT2D eigenvalue weighted by molar-refractivity contribution is 5.47. The van der Waals surface area contributed by atoms with Gasteiger partial charge in [-0.05, 0) is 17.7 Å². The van der Waals surface area contributed by atoms with E-state index in [1.54, 1.807) is 0 Å². The Kier molecular flexibility index (Phi) is 4.45. The summed E-state index contributed by atoms with van der Waals surface area (Å²) >= 11 is 0. The Morgan fingerprint density at radius 1 is 1.33 bits per heavy atom. The Morgan fingerprint density at radius 2 is 1.93 bits per heavy atom. The Hall–Kier alpha value is -1.20. The van der Waals surface area contributed by atoms with Crippen molar-refractivity contribution in [2.45, 2.75) is 6.54 Å². The van der Waals surface area contributed by atoms with Crippen molar-refractivity contribution in [3.8, 4) is 0 Å². The van der Waals surface area contributed by atoms with Gasteiger partial charge >= 0.3 is 0 Å². The Labute approximate surface area is 87.2 Å². The maximum Gasteiger partial charge on any atom is 0.149 e. The number of ether oxygens (including phenoxy) is 1. The molecule has 0 aromatic heterocycles. The number of anilines is 1. The van der Waals surface area contributed by atoms with E-state index in [1.165, 1.54) is 19.2 Å². The van der Waals surface area contributed by atoms with Gasteiger partial charge in [0.2, 0.25) is 0 Å². The number of rotatable bonds is 5. The topological polar surface area (TPSA) is 47.3 Å². The molecule has 84 valence electrons. The molecule has 15 heavy (non-hydrogen) atoms. The van der Waals surface area contributed by atoms with E-state index in [0.29, 0.717) is 18.7 Å². The number of halogens is 2. The second kappa shape index (κ2) is 5.63. The van der Waals surface area contributed by atoms with Crippen LogP contribution in [0, 0.1) is 11.6 Å². The summed E-state index contributed by atoms with van der Waals surface area (Å²) < 4.78 is 31.4. The summed E-state index contributed by atoms with van der Waals surface area (Å²) in [5, 5.41) is 2.62. The van der Waals surface area contributed by atoms with Crippen LogP contribution in [0.25, 0.3) is 0 Å². The van der Waals surface area contributed by atoms with Crippen LogP contribution in [-0.4, -0.2) is 20.3 Å². The van der Waals surface area contributed by atoms with Crippen LogP contribution in [0.15, 0.2) is 12.1 Å². The smallest absolute Gasteiger partial charge is 0.149 e. The number of nitrogens with two attached hydrogens (primary N) is 1. The van der Waals surface area contributed by atoms with Gasteiger partial charge in [-0.3, -0.25) is 0 Å². The average Bonchev–Trinajstić information content (AvgIpc) is 2.22. The first kappa shape index (κ1) is 11.9. The van der Waals surface area contributed by atoms with E-state index in [4.69, 9.17) is 10.5 Å². The van der Waals surface area contributed by atoms with Crippen LogP contribution in [0.2, 0.25) is 0 Å². The van der Waals surface area contributed by atoms with Crippen molar-refractivity contribution < 1.29 is 13.5 Å². The number of nitrogens with one attached hydrogen (secondary N) is 1. The van der Waals surface area contributed by atoms with Gasteiger partial charge in [0.1, 0.15) is 17.3 Å². The minimum Gasteiger partial charge on any atom is -0.383 e. The van der Waals surface area contributed by atoms with Crippen molar-refractivity contribution in [1.82, 2.24) is 0 Å². The van der Waals surface area contributed by atoms with Crippen molar-refractivity contribution in [3.05, 3.63) is 29.3 Å². The van der Waals surface area contributed by atoms with Gasteiger partial charge in [-0.1, -0.05) is 0 Å². The number of hydrogen-bond donors (Lipinski definition) is 2. The Bertz CT molecular complexity index is 308. The summed E-state index contributed by atoms with van der Waals surface area (Å²) in [5.74, 6) is -1.27. The molecule has 0 aliphatic heterocycles. The molecule has 0 saturated carbocycles. The van der Waals surface area contributed by atoms with Gasteiger partial charge in [-0.2, -0.15) is 0 Å². The molecular formula is C10H14F2N2O. The Morgan fingerprint density at radius 3 is 2.40 bits per heavy atom. The third-order valence-electron chi connectivity index (χ3n) is 1.95. The first-order chi connectivity index (χ1) is 7.19. The molecule has 0 amide bonds. The fourth-order valence-electron chi connectivity index (χ4n) is 1.19. The lowest BCUT2D eigenvalue weighted by Crippen LogP contribution is -2.11. The highest BCUT2D eigenvalue weighted by Crippen LogP contribution is 2.20. The largest absolute Gasteiger partial charge is 0.383 e. The van der Waals surface area contributed by atoms with E-state index >= 15 is 0 Å². The minimum absolute atomic E-state index is 0.117. The van der Waals surface area contributed by atoms with Crippen LogP contribution >= 0.6 is 0 Å². The molecular weight excluding hydrogens is 202 g/mol. The molecule has 0 heterocycles. The van der Waals surface area contributed by atoms with Crippen LogP contribution in [0.3, 0.4) is 0 Å². The van der Waals surface area contributed by atoms with Crippen LogP contribution < -0.4 is 11.1 Å². The molecule has 0 radical (unpaired) electrons. The SMILES string of the molecule is COCCNc1c(F)cc(CN)cc1F. The molecule has 0 unspecified atom stereocenters. The van der Waals surface area contributed by atoms with Crippen molar-refractivity contribution in [2.24, 2.45) is 5.73 Å². The normalized spacial score (nSPS) is 10.4. The summed E-state index contributed by atoms with van der Waals surface area (Å²) in [5.41, 5.74) is 5.58. The lowest BCUT2D eigenvalue weighted by molar-refractivity contribution is 0.210. The quantitative estimate of drug-likeness (QED) is 0.733. The van der Waals surface area contributed by atoms with E-state index in [2.05, 4.69) is 5.32 Å². The second-order valence-corrected chi connectivity index (χ2v) is 3.06. The fourth-order valence-corrected chi connectivity index (χ4v) is 1.19. The third-order valence-corrected chi connectivity index (χ3v) is 1.95. The van der Waals surface area contributed by atoms with E-state index < -0.39 is 11.6 Å². The molecule has 3 N–H and O–H groups in total. The molecule has 0 bridgehead atoms. The van der Waals surface area contributed by atoms with Gasteiger partial charge in [-0.25, -0.2) is 8.78 Å².